The Morgan fingerprint density at radius 2 is 0.656 bits per heavy atom. The number of hydrogen-bond acceptors (Lipinski definition) is 4. The van der Waals surface area contributed by atoms with Gasteiger partial charge in [0.1, 0.15) is 11.2 Å². The second-order valence-corrected chi connectivity index (χ2v) is 15.5. The minimum Gasteiger partial charge on any atom is -0.456 e. The van der Waals surface area contributed by atoms with E-state index in [1.807, 2.05) is 60.7 Å². The molecule has 0 unspecified atom stereocenters. The average molecular weight is 778 g/mol. The van der Waals surface area contributed by atoms with Gasteiger partial charge in [0.15, 0.2) is 17.5 Å². The molecular weight excluding hydrogens is 743 g/mol. The fraction of sp³-hybridized carbons (Fsp3) is 0. The minimum atomic E-state index is 0.629. The first kappa shape index (κ1) is 34.8. The van der Waals surface area contributed by atoms with E-state index in [9.17, 15) is 0 Å². The van der Waals surface area contributed by atoms with Crippen molar-refractivity contribution in [1.82, 2.24) is 15.0 Å². The highest BCUT2D eigenvalue weighted by Crippen LogP contribution is 2.41. The number of benzene rings is 10. The number of nitrogens with zero attached hydrogens (tertiary/aromatic N) is 3. The average Bonchev–Trinajstić information content (AvgIpc) is 3.73. The predicted molar refractivity (Wildman–Crippen MR) is 252 cm³/mol. The van der Waals surface area contributed by atoms with E-state index in [0.29, 0.717) is 17.5 Å². The number of furan rings is 1. The molecule has 2 aromatic heterocycles. The predicted octanol–water partition coefficient (Wildman–Crippen LogP) is 15.2. The van der Waals surface area contributed by atoms with Crippen LogP contribution in [0.5, 0.6) is 0 Å². The van der Waals surface area contributed by atoms with Crippen LogP contribution in [0.2, 0.25) is 0 Å². The van der Waals surface area contributed by atoms with Crippen LogP contribution in [-0.2, 0) is 0 Å². The number of hydrogen-bond donors (Lipinski definition) is 0. The van der Waals surface area contributed by atoms with Gasteiger partial charge in [-0.05, 0) is 90.0 Å². The molecule has 12 rings (SSSR count). The molecule has 2 heterocycles. The zero-order valence-corrected chi connectivity index (χ0v) is 33.0. The summed E-state index contributed by atoms with van der Waals surface area (Å²) >= 11 is 0. The summed E-state index contributed by atoms with van der Waals surface area (Å²) in [5, 5.41) is 9.89. The first-order valence-corrected chi connectivity index (χ1v) is 20.6. The zero-order chi connectivity index (χ0) is 40.3. The monoisotopic (exact) mass is 777 g/mol. The molecule has 0 saturated carbocycles. The molecule has 284 valence electrons. The Balaban J connectivity index is 0.892. The van der Waals surface area contributed by atoms with Crippen LogP contribution in [0, 0.1) is 0 Å². The van der Waals surface area contributed by atoms with E-state index in [1.165, 1.54) is 43.4 Å². The van der Waals surface area contributed by atoms with Gasteiger partial charge in [0.05, 0.1) is 0 Å². The summed E-state index contributed by atoms with van der Waals surface area (Å²) in [4.78, 5) is 14.7. The van der Waals surface area contributed by atoms with Crippen molar-refractivity contribution in [3.05, 3.63) is 212 Å². The van der Waals surface area contributed by atoms with Gasteiger partial charge in [-0.2, -0.15) is 0 Å². The van der Waals surface area contributed by atoms with Crippen LogP contribution in [0.3, 0.4) is 0 Å². The van der Waals surface area contributed by atoms with Crippen LogP contribution in [0.15, 0.2) is 217 Å². The lowest BCUT2D eigenvalue weighted by Crippen LogP contribution is -2.00. The smallest absolute Gasteiger partial charge is 0.164 e. The van der Waals surface area contributed by atoms with Crippen molar-refractivity contribution < 1.29 is 4.42 Å². The molecule has 0 aliphatic rings. The largest absolute Gasteiger partial charge is 0.456 e. The SMILES string of the molecule is c1ccc(-c2nc(-c3ccccc3)nc(-c3ccc(-c4cccc5oc6ccc(-c7ccc(-c8ccc9c%10ccccc%10c%10ccccc%10c9c8)cc7)cc6c45)cc3)n2)cc1. The third-order valence-corrected chi connectivity index (χ3v) is 11.9. The zero-order valence-electron chi connectivity index (χ0n) is 33.0. The maximum Gasteiger partial charge on any atom is 0.164 e. The second-order valence-electron chi connectivity index (χ2n) is 15.5. The molecule has 0 atom stereocenters. The van der Waals surface area contributed by atoms with Crippen LogP contribution in [0.25, 0.3) is 122 Å². The fourth-order valence-electron chi connectivity index (χ4n) is 8.93. The molecule has 0 N–H and O–H groups in total. The van der Waals surface area contributed by atoms with Crippen molar-refractivity contribution in [2.75, 3.05) is 0 Å². The molecule has 0 radical (unpaired) electrons. The molecule has 0 saturated heterocycles. The fourth-order valence-corrected chi connectivity index (χ4v) is 8.93. The van der Waals surface area contributed by atoms with Crippen LogP contribution < -0.4 is 0 Å². The molecule has 0 spiro atoms. The standard InChI is InChI=1S/C57H35N3O/c1-3-12-39(13-4-1)55-58-56(40-14-5-2-6-15-40)60-57(59-55)41-28-26-38(27-29-41)44-20-11-21-53-54(44)51-35-43(31-33-52(51)61-53)37-24-22-36(23-25-37)42-30-32-49-47-18-8-7-16-45(47)46-17-9-10-19-48(46)50(49)34-42/h1-35H. The first-order chi connectivity index (χ1) is 30.2. The third-order valence-electron chi connectivity index (χ3n) is 11.9. The summed E-state index contributed by atoms with van der Waals surface area (Å²) in [5.41, 5.74) is 11.4. The maximum absolute atomic E-state index is 6.45. The molecule has 10 aromatic carbocycles. The van der Waals surface area contributed by atoms with Crippen molar-refractivity contribution >= 4 is 54.3 Å². The van der Waals surface area contributed by atoms with E-state index in [1.54, 1.807) is 0 Å². The maximum atomic E-state index is 6.45. The summed E-state index contributed by atoms with van der Waals surface area (Å²) in [5.74, 6) is 1.92. The van der Waals surface area contributed by atoms with Gasteiger partial charge in [-0.25, -0.2) is 15.0 Å². The molecule has 12 aromatic rings. The van der Waals surface area contributed by atoms with Crippen LogP contribution in [0.4, 0.5) is 0 Å². The lowest BCUT2D eigenvalue weighted by atomic mass is 9.91. The van der Waals surface area contributed by atoms with Crippen LogP contribution >= 0.6 is 0 Å². The molecule has 0 aliphatic carbocycles. The first-order valence-electron chi connectivity index (χ1n) is 20.6. The van der Waals surface area contributed by atoms with Crippen molar-refractivity contribution in [3.8, 4) is 67.5 Å². The van der Waals surface area contributed by atoms with Gasteiger partial charge in [-0.15, -0.1) is 0 Å². The molecule has 4 heteroatoms. The van der Waals surface area contributed by atoms with Gasteiger partial charge < -0.3 is 4.42 Å². The Labute approximate surface area is 352 Å². The van der Waals surface area contributed by atoms with Gasteiger partial charge in [0.2, 0.25) is 0 Å². The molecule has 61 heavy (non-hydrogen) atoms. The topological polar surface area (TPSA) is 51.8 Å². The van der Waals surface area contributed by atoms with Gasteiger partial charge >= 0.3 is 0 Å². The lowest BCUT2D eigenvalue weighted by Gasteiger charge is -2.12. The Bertz CT molecular complexity index is 3520. The van der Waals surface area contributed by atoms with E-state index in [0.717, 1.165) is 60.9 Å². The quantitative estimate of drug-likeness (QED) is 0.158. The summed E-state index contributed by atoms with van der Waals surface area (Å²) < 4.78 is 6.45. The van der Waals surface area contributed by atoms with Gasteiger partial charge in [-0.3, -0.25) is 0 Å². The molecule has 0 aliphatic heterocycles. The highest BCUT2D eigenvalue weighted by molar-refractivity contribution is 6.25. The van der Waals surface area contributed by atoms with Crippen LogP contribution in [-0.4, -0.2) is 15.0 Å². The van der Waals surface area contributed by atoms with E-state index < -0.39 is 0 Å². The molecular formula is C57H35N3O. The highest BCUT2D eigenvalue weighted by Gasteiger charge is 2.16. The molecule has 0 fully saturated rings. The van der Waals surface area contributed by atoms with Crippen molar-refractivity contribution in [2.24, 2.45) is 0 Å². The Kier molecular flexibility index (Phi) is 8.13. The van der Waals surface area contributed by atoms with E-state index in [4.69, 9.17) is 19.4 Å². The van der Waals surface area contributed by atoms with Gasteiger partial charge in [0.25, 0.3) is 0 Å². The normalized spacial score (nSPS) is 11.6. The Hall–Kier alpha value is -8.21. The summed E-state index contributed by atoms with van der Waals surface area (Å²) in [7, 11) is 0. The summed E-state index contributed by atoms with van der Waals surface area (Å²) in [6.07, 6.45) is 0. The highest BCUT2D eigenvalue weighted by atomic mass is 16.3. The second kappa shape index (κ2) is 14.3. The number of aromatic nitrogens is 3. The van der Waals surface area contributed by atoms with Crippen LogP contribution in [0.1, 0.15) is 0 Å². The Morgan fingerprint density at radius 3 is 1.21 bits per heavy atom. The minimum absolute atomic E-state index is 0.629. The van der Waals surface area contributed by atoms with E-state index >= 15 is 0 Å². The summed E-state index contributed by atoms with van der Waals surface area (Å²) in [6.45, 7) is 0. The summed E-state index contributed by atoms with van der Waals surface area (Å²) in [6, 6.07) is 74.8. The van der Waals surface area contributed by atoms with Gasteiger partial charge in [-0.1, -0.05) is 188 Å². The number of rotatable bonds is 6. The van der Waals surface area contributed by atoms with Crippen molar-refractivity contribution in [2.45, 2.75) is 0 Å². The van der Waals surface area contributed by atoms with Gasteiger partial charge in [0, 0.05) is 27.5 Å². The van der Waals surface area contributed by atoms with Crippen molar-refractivity contribution in [1.29, 1.82) is 0 Å². The lowest BCUT2D eigenvalue weighted by molar-refractivity contribution is 0.669. The Morgan fingerprint density at radius 1 is 0.246 bits per heavy atom. The van der Waals surface area contributed by atoms with Crippen molar-refractivity contribution in [3.63, 3.8) is 0 Å². The van der Waals surface area contributed by atoms with E-state index in [-0.39, 0.29) is 0 Å². The van der Waals surface area contributed by atoms with E-state index in [2.05, 4.69) is 152 Å². The molecule has 0 amide bonds. The number of fused-ring (bicyclic) bond motifs is 9. The molecule has 0 bridgehead atoms. The molecule has 4 nitrogen and oxygen atoms in total. The third kappa shape index (κ3) is 6.04.